The number of rotatable bonds is 5. The molecule has 1 heterocycles. The van der Waals surface area contributed by atoms with Gasteiger partial charge < -0.3 is 19.5 Å². The van der Waals surface area contributed by atoms with E-state index in [1.54, 1.807) is 7.11 Å². The summed E-state index contributed by atoms with van der Waals surface area (Å²) in [5, 5.41) is 3.45. The molecule has 0 aliphatic carbocycles. The van der Waals surface area contributed by atoms with Crippen LogP contribution in [0, 0.1) is 0 Å². The van der Waals surface area contributed by atoms with Crippen molar-refractivity contribution in [1.29, 1.82) is 0 Å². The highest BCUT2D eigenvalue weighted by Gasteiger charge is 2.17. The van der Waals surface area contributed by atoms with E-state index in [2.05, 4.69) is 19.2 Å². The second kappa shape index (κ2) is 4.94. The van der Waals surface area contributed by atoms with Crippen molar-refractivity contribution >= 4 is 0 Å². The molecule has 4 nitrogen and oxygen atoms in total. The van der Waals surface area contributed by atoms with Crippen LogP contribution in [0.1, 0.15) is 19.4 Å². The lowest BCUT2D eigenvalue weighted by molar-refractivity contribution is 0.127. The molecule has 1 aromatic rings. The van der Waals surface area contributed by atoms with Crippen LogP contribution in [0.25, 0.3) is 0 Å². The average molecular weight is 237 g/mol. The summed E-state index contributed by atoms with van der Waals surface area (Å²) < 4.78 is 15.8. The molecule has 94 valence electrons. The lowest BCUT2D eigenvalue weighted by atomic mass is 10.1. The van der Waals surface area contributed by atoms with Crippen LogP contribution >= 0.6 is 0 Å². The number of nitrogens with one attached hydrogen (secondary N) is 1. The third-order valence-corrected chi connectivity index (χ3v) is 2.71. The van der Waals surface area contributed by atoms with Crippen LogP contribution in [0.3, 0.4) is 0 Å². The summed E-state index contributed by atoms with van der Waals surface area (Å²) >= 11 is 0. The normalized spacial score (nSPS) is 14.1. The first-order chi connectivity index (χ1) is 8.11. The molecule has 1 N–H and O–H groups in total. The molecule has 0 saturated carbocycles. The van der Waals surface area contributed by atoms with Crippen LogP contribution in [0.2, 0.25) is 0 Å². The highest BCUT2D eigenvalue weighted by Crippen LogP contribution is 2.32. The van der Waals surface area contributed by atoms with Gasteiger partial charge in [0, 0.05) is 19.2 Å². The van der Waals surface area contributed by atoms with Gasteiger partial charge in [0.2, 0.25) is 6.79 Å². The zero-order valence-electron chi connectivity index (χ0n) is 10.6. The maximum absolute atomic E-state index is 5.34. The SMILES string of the molecule is COCC(C)(C)NCc1ccc2c(c1)OCO2. The number of fused-ring (bicyclic) bond motifs is 1. The summed E-state index contributed by atoms with van der Waals surface area (Å²) in [5.41, 5.74) is 1.14. The fraction of sp³-hybridized carbons (Fsp3) is 0.538. The van der Waals surface area contributed by atoms with Gasteiger partial charge in [-0.2, -0.15) is 0 Å². The summed E-state index contributed by atoms with van der Waals surface area (Å²) in [7, 11) is 1.71. The number of methoxy groups -OCH3 is 1. The zero-order valence-corrected chi connectivity index (χ0v) is 10.6. The van der Waals surface area contributed by atoms with E-state index in [-0.39, 0.29) is 5.54 Å². The van der Waals surface area contributed by atoms with Crippen LogP contribution < -0.4 is 14.8 Å². The fourth-order valence-corrected chi connectivity index (χ4v) is 1.80. The summed E-state index contributed by atoms with van der Waals surface area (Å²) in [6.45, 7) is 6.01. The molecule has 2 rings (SSSR count). The summed E-state index contributed by atoms with van der Waals surface area (Å²) in [4.78, 5) is 0. The molecule has 0 saturated heterocycles. The Hall–Kier alpha value is -1.26. The Kier molecular flexibility index (Phi) is 3.54. The molecule has 0 bridgehead atoms. The Bertz CT molecular complexity index is 390. The smallest absolute Gasteiger partial charge is 0.231 e. The molecule has 0 fully saturated rings. The second-order valence-corrected chi connectivity index (χ2v) is 4.86. The molecule has 0 spiro atoms. The Balaban J connectivity index is 1.95. The first-order valence-electron chi connectivity index (χ1n) is 5.73. The van der Waals surface area contributed by atoms with Crippen molar-refractivity contribution in [2.45, 2.75) is 25.9 Å². The predicted octanol–water partition coefficient (Wildman–Crippen LogP) is 1.93. The largest absolute Gasteiger partial charge is 0.454 e. The Morgan fingerprint density at radius 3 is 2.82 bits per heavy atom. The Morgan fingerprint density at radius 2 is 2.06 bits per heavy atom. The molecular formula is C13H19NO3. The number of ether oxygens (including phenoxy) is 3. The highest BCUT2D eigenvalue weighted by molar-refractivity contribution is 5.44. The molecular weight excluding hydrogens is 218 g/mol. The van der Waals surface area contributed by atoms with E-state index in [1.165, 1.54) is 5.56 Å². The van der Waals surface area contributed by atoms with Gasteiger partial charge in [-0.15, -0.1) is 0 Å². The molecule has 1 aromatic carbocycles. The van der Waals surface area contributed by atoms with Gasteiger partial charge in [0.25, 0.3) is 0 Å². The Labute approximate surface area is 102 Å². The molecule has 1 aliphatic heterocycles. The molecule has 0 amide bonds. The molecule has 0 unspecified atom stereocenters. The molecule has 0 aromatic heterocycles. The van der Waals surface area contributed by atoms with Crippen molar-refractivity contribution in [3.05, 3.63) is 23.8 Å². The molecule has 0 atom stereocenters. The topological polar surface area (TPSA) is 39.7 Å². The zero-order chi connectivity index (χ0) is 12.3. The van der Waals surface area contributed by atoms with E-state index in [9.17, 15) is 0 Å². The van der Waals surface area contributed by atoms with E-state index < -0.39 is 0 Å². The first kappa shape index (κ1) is 12.2. The van der Waals surface area contributed by atoms with Gasteiger partial charge in [-0.25, -0.2) is 0 Å². The highest BCUT2D eigenvalue weighted by atomic mass is 16.7. The van der Waals surface area contributed by atoms with Crippen molar-refractivity contribution in [2.75, 3.05) is 20.5 Å². The van der Waals surface area contributed by atoms with Crippen molar-refractivity contribution in [2.24, 2.45) is 0 Å². The lowest BCUT2D eigenvalue weighted by Crippen LogP contribution is -2.42. The summed E-state index contributed by atoms with van der Waals surface area (Å²) in [6.07, 6.45) is 0. The first-order valence-corrected chi connectivity index (χ1v) is 5.73. The number of benzene rings is 1. The molecule has 17 heavy (non-hydrogen) atoms. The molecule has 4 heteroatoms. The summed E-state index contributed by atoms with van der Waals surface area (Å²) in [5.74, 6) is 1.65. The third kappa shape index (κ3) is 3.11. The van der Waals surface area contributed by atoms with Gasteiger partial charge in [-0.1, -0.05) is 6.07 Å². The third-order valence-electron chi connectivity index (χ3n) is 2.71. The van der Waals surface area contributed by atoms with E-state index >= 15 is 0 Å². The van der Waals surface area contributed by atoms with E-state index in [0.29, 0.717) is 13.4 Å². The van der Waals surface area contributed by atoms with Crippen LogP contribution in [0.5, 0.6) is 11.5 Å². The van der Waals surface area contributed by atoms with Crippen molar-refractivity contribution in [3.63, 3.8) is 0 Å². The van der Waals surface area contributed by atoms with Crippen LogP contribution in [-0.2, 0) is 11.3 Å². The standard InChI is InChI=1S/C13H19NO3/c1-13(2,8-15-3)14-7-10-4-5-11-12(6-10)17-9-16-11/h4-6,14H,7-9H2,1-3H3. The quantitative estimate of drug-likeness (QED) is 0.849. The maximum Gasteiger partial charge on any atom is 0.231 e. The van der Waals surface area contributed by atoms with Gasteiger partial charge in [0.1, 0.15) is 0 Å². The molecule has 1 aliphatic rings. The van der Waals surface area contributed by atoms with Crippen LogP contribution in [0.15, 0.2) is 18.2 Å². The minimum atomic E-state index is -0.0366. The van der Waals surface area contributed by atoms with E-state index in [1.807, 2.05) is 18.2 Å². The van der Waals surface area contributed by atoms with Crippen LogP contribution in [0.4, 0.5) is 0 Å². The molecule has 0 radical (unpaired) electrons. The van der Waals surface area contributed by atoms with Crippen molar-refractivity contribution in [3.8, 4) is 11.5 Å². The fourth-order valence-electron chi connectivity index (χ4n) is 1.80. The number of hydrogen-bond donors (Lipinski definition) is 1. The van der Waals surface area contributed by atoms with Gasteiger partial charge in [0.15, 0.2) is 11.5 Å². The monoisotopic (exact) mass is 237 g/mol. The Morgan fingerprint density at radius 1 is 1.29 bits per heavy atom. The lowest BCUT2D eigenvalue weighted by Gasteiger charge is -2.25. The van der Waals surface area contributed by atoms with Gasteiger partial charge in [0.05, 0.1) is 6.61 Å². The minimum absolute atomic E-state index is 0.0366. The predicted molar refractivity (Wildman–Crippen MR) is 65.4 cm³/mol. The average Bonchev–Trinajstić information content (AvgIpc) is 2.73. The van der Waals surface area contributed by atoms with Crippen molar-refractivity contribution < 1.29 is 14.2 Å². The van der Waals surface area contributed by atoms with Gasteiger partial charge >= 0.3 is 0 Å². The second-order valence-electron chi connectivity index (χ2n) is 4.86. The number of hydrogen-bond acceptors (Lipinski definition) is 4. The van der Waals surface area contributed by atoms with Crippen molar-refractivity contribution in [1.82, 2.24) is 5.32 Å². The van der Waals surface area contributed by atoms with Gasteiger partial charge in [-0.3, -0.25) is 0 Å². The maximum atomic E-state index is 5.34. The summed E-state index contributed by atoms with van der Waals surface area (Å²) in [6, 6.07) is 6.00. The van der Waals surface area contributed by atoms with E-state index in [0.717, 1.165) is 18.0 Å². The van der Waals surface area contributed by atoms with Crippen LogP contribution in [-0.4, -0.2) is 26.0 Å². The van der Waals surface area contributed by atoms with E-state index in [4.69, 9.17) is 14.2 Å². The van der Waals surface area contributed by atoms with Gasteiger partial charge in [-0.05, 0) is 31.5 Å². The minimum Gasteiger partial charge on any atom is -0.454 e.